The van der Waals surface area contributed by atoms with Crippen molar-refractivity contribution in [1.82, 2.24) is 0 Å². The lowest BCUT2D eigenvalue weighted by Crippen LogP contribution is -1.97. The van der Waals surface area contributed by atoms with Crippen LogP contribution in [0.1, 0.15) is 39.5 Å². The summed E-state index contributed by atoms with van der Waals surface area (Å²) in [7, 11) is 0. The largest absolute Gasteiger partial charge is 0.508 e. The summed E-state index contributed by atoms with van der Waals surface area (Å²) in [6.07, 6.45) is 0.673. The molecule has 0 fully saturated rings. The predicted octanol–water partition coefficient (Wildman–Crippen LogP) is 4.55. The summed E-state index contributed by atoms with van der Waals surface area (Å²) in [6.45, 7) is 7.97. The zero-order chi connectivity index (χ0) is 15.6. The zero-order valence-electron chi connectivity index (χ0n) is 13.0. The molecule has 2 heteroatoms. The van der Waals surface area contributed by atoms with Crippen LogP contribution in [0.3, 0.4) is 0 Å². The van der Waals surface area contributed by atoms with E-state index in [1.165, 1.54) is 6.08 Å². The van der Waals surface area contributed by atoms with Crippen molar-refractivity contribution in [1.29, 1.82) is 0 Å². The maximum absolute atomic E-state index is 10.3. The smallest absolute Gasteiger partial charge is 0.121 e. The predicted molar refractivity (Wildman–Crippen MR) is 87.4 cm³/mol. The number of hydrogen-bond acceptors (Lipinski definition) is 2. The highest BCUT2D eigenvalue weighted by atomic mass is 16.3. The Morgan fingerprint density at radius 3 is 1.71 bits per heavy atom. The Morgan fingerprint density at radius 1 is 0.810 bits per heavy atom. The van der Waals surface area contributed by atoms with Gasteiger partial charge in [-0.25, -0.2) is 0 Å². The fraction of sp³-hybridized carbons (Fsp3) is 0.263. The van der Waals surface area contributed by atoms with Crippen molar-refractivity contribution >= 4 is 5.76 Å². The van der Waals surface area contributed by atoms with Crippen molar-refractivity contribution in [2.24, 2.45) is 0 Å². The molecular formula is C19H22O2. The molecule has 1 unspecified atom stereocenters. The molecule has 0 radical (unpaired) electrons. The van der Waals surface area contributed by atoms with E-state index in [-0.39, 0.29) is 5.76 Å². The minimum Gasteiger partial charge on any atom is -0.508 e. The minimum atomic E-state index is -0.815. The van der Waals surface area contributed by atoms with E-state index in [0.29, 0.717) is 0 Å². The summed E-state index contributed by atoms with van der Waals surface area (Å²) in [5.74, 6) is 0.105. The van der Waals surface area contributed by atoms with Crippen molar-refractivity contribution < 1.29 is 10.2 Å². The lowest BCUT2D eigenvalue weighted by Gasteiger charge is -2.11. The first kappa shape index (κ1) is 15.3. The average molecular weight is 282 g/mol. The van der Waals surface area contributed by atoms with Crippen molar-refractivity contribution in [2.45, 2.75) is 33.8 Å². The quantitative estimate of drug-likeness (QED) is 0.811. The van der Waals surface area contributed by atoms with Gasteiger partial charge >= 0.3 is 0 Å². The standard InChI is InChI=1S/C19H22O2/c1-12-5-13(2)8-16(7-12)18(20)11-19(21)17-9-14(3)6-15(4)10-17/h5-11,18,20-21H,1-4H3. The van der Waals surface area contributed by atoms with Gasteiger partial charge in [-0.1, -0.05) is 46.5 Å². The number of aliphatic hydroxyl groups is 2. The third-order valence-electron chi connectivity index (χ3n) is 3.42. The second-order valence-corrected chi connectivity index (χ2v) is 5.79. The number of aryl methyl sites for hydroxylation is 4. The van der Waals surface area contributed by atoms with Gasteiger partial charge in [0.05, 0.1) is 0 Å². The second-order valence-electron chi connectivity index (χ2n) is 5.79. The Hall–Kier alpha value is -2.06. The van der Waals surface area contributed by atoms with Gasteiger partial charge in [-0.05, 0) is 51.5 Å². The normalized spacial score (nSPS) is 13.3. The van der Waals surface area contributed by atoms with Gasteiger partial charge in [-0.15, -0.1) is 0 Å². The summed E-state index contributed by atoms with van der Waals surface area (Å²) in [6, 6.07) is 11.8. The van der Waals surface area contributed by atoms with Crippen LogP contribution in [-0.4, -0.2) is 10.2 Å². The molecule has 21 heavy (non-hydrogen) atoms. The van der Waals surface area contributed by atoms with Gasteiger partial charge in [0.15, 0.2) is 0 Å². The van der Waals surface area contributed by atoms with E-state index in [2.05, 4.69) is 12.1 Å². The molecule has 2 N–H and O–H groups in total. The molecule has 0 aliphatic carbocycles. The zero-order valence-corrected chi connectivity index (χ0v) is 13.0. The lowest BCUT2D eigenvalue weighted by molar-refractivity contribution is 0.226. The van der Waals surface area contributed by atoms with Crippen LogP contribution in [0.2, 0.25) is 0 Å². The van der Waals surface area contributed by atoms with Gasteiger partial charge in [0.2, 0.25) is 0 Å². The number of aliphatic hydroxyl groups excluding tert-OH is 2. The average Bonchev–Trinajstić information content (AvgIpc) is 2.36. The van der Waals surface area contributed by atoms with Crippen molar-refractivity contribution in [2.75, 3.05) is 0 Å². The summed E-state index contributed by atoms with van der Waals surface area (Å²) < 4.78 is 0. The number of benzene rings is 2. The van der Waals surface area contributed by atoms with E-state index in [1.54, 1.807) is 0 Å². The van der Waals surface area contributed by atoms with Crippen LogP contribution in [0.15, 0.2) is 42.5 Å². The molecule has 2 aromatic rings. The topological polar surface area (TPSA) is 40.5 Å². The van der Waals surface area contributed by atoms with Crippen LogP contribution in [0.4, 0.5) is 0 Å². The second kappa shape index (κ2) is 6.15. The fourth-order valence-corrected chi connectivity index (χ4v) is 2.65. The van der Waals surface area contributed by atoms with E-state index in [1.807, 2.05) is 52.0 Å². The maximum Gasteiger partial charge on any atom is 0.121 e. The Balaban J connectivity index is 2.32. The molecule has 1 atom stereocenters. The summed E-state index contributed by atoms with van der Waals surface area (Å²) in [5.41, 5.74) is 5.91. The molecule has 0 spiro atoms. The molecule has 110 valence electrons. The molecule has 0 amide bonds. The first-order chi connectivity index (χ1) is 9.85. The molecule has 0 aliphatic heterocycles. The third-order valence-corrected chi connectivity index (χ3v) is 3.42. The number of hydrogen-bond donors (Lipinski definition) is 2. The van der Waals surface area contributed by atoms with Gasteiger partial charge in [0.1, 0.15) is 11.9 Å². The van der Waals surface area contributed by atoms with E-state index >= 15 is 0 Å². The van der Waals surface area contributed by atoms with E-state index in [9.17, 15) is 10.2 Å². The number of rotatable bonds is 3. The van der Waals surface area contributed by atoms with Crippen LogP contribution in [-0.2, 0) is 0 Å². The van der Waals surface area contributed by atoms with Gasteiger partial charge in [0.25, 0.3) is 0 Å². The third kappa shape index (κ3) is 3.96. The van der Waals surface area contributed by atoms with E-state index in [4.69, 9.17) is 0 Å². The van der Waals surface area contributed by atoms with Gasteiger partial charge in [-0.3, -0.25) is 0 Å². The highest BCUT2D eigenvalue weighted by Gasteiger charge is 2.09. The highest BCUT2D eigenvalue weighted by Crippen LogP contribution is 2.23. The first-order valence-electron chi connectivity index (χ1n) is 7.11. The van der Waals surface area contributed by atoms with Crippen molar-refractivity contribution in [3.63, 3.8) is 0 Å². The summed E-state index contributed by atoms with van der Waals surface area (Å²) in [5, 5.41) is 20.5. The van der Waals surface area contributed by atoms with Crippen LogP contribution in [0.25, 0.3) is 5.76 Å². The molecular weight excluding hydrogens is 260 g/mol. The molecule has 0 saturated heterocycles. The molecule has 2 nitrogen and oxygen atoms in total. The minimum absolute atomic E-state index is 0.105. The van der Waals surface area contributed by atoms with Gasteiger partial charge < -0.3 is 10.2 Å². The first-order valence-corrected chi connectivity index (χ1v) is 7.11. The highest BCUT2D eigenvalue weighted by molar-refractivity contribution is 5.61. The lowest BCUT2D eigenvalue weighted by atomic mass is 10.0. The molecule has 0 aromatic heterocycles. The molecule has 0 saturated carbocycles. The van der Waals surface area contributed by atoms with Gasteiger partial charge in [-0.2, -0.15) is 0 Å². The summed E-state index contributed by atoms with van der Waals surface area (Å²) >= 11 is 0. The Labute approximate surface area is 126 Å². The van der Waals surface area contributed by atoms with E-state index < -0.39 is 6.10 Å². The van der Waals surface area contributed by atoms with Crippen LogP contribution < -0.4 is 0 Å². The maximum atomic E-state index is 10.3. The Kier molecular flexibility index (Phi) is 4.49. The van der Waals surface area contributed by atoms with Crippen LogP contribution >= 0.6 is 0 Å². The van der Waals surface area contributed by atoms with Gasteiger partial charge in [0, 0.05) is 5.56 Å². The molecule has 0 aliphatic rings. The SMILES string of the molecule is Cc1cc(C)cc(C(O)=CC(O)c2cc(C)cc(C)c2)c1. The van der Waals surface area contributed by atoms with E-state index in [0.717, 1.165) is 33.4 Å². The van der Waals surface area contributed by atoms with Crippen LogP contribution in [0.5, 0.6) is 0 Å². The Bertz CT molecular complexity index is 643. The molecule has 2 aromatic carbocycles. The molecule has 0 bridgehead atoms. The fourth-order valence-electron chi connectivity index (χ4n) is 2.65. The summed E-state index contributed by atoms with van der Waals surface area (Å²) in [4.78, 5) is 0. The van der Waals surface area contributed by atoms with Crippen molar-refractivity contribution in [3.05, 3.63) is 75.9 Å². The molecule has 0 heterocycles. The monoisotopic (exact) mass is 282 g/mol. The van der Waals surface area contributed by atoms with Crippen LogP contribution in [0, 0.1) is 27.7 Å². The van der Waals surface area contributed by atoms with Crippen molar-refractivity contribution in [3.8, 4) is 0 Å². The molecule has 2 rings (SSSR count). The Morgan fingerprint density at radius 2 is 1.24 bits per heavy atom.